The maximum atomic E-state index is 12.3. The summed E-state index contributed by atoms with van der Waals surface area (Å²) in [6.45, 7) is 3.79. The number of amides is 3. The lowest BCUT2D eigenvalue weighted by Crippen LogP contribution is -2.47. The summed E-state index contributed by atoms with van der Waals surface area (Å²) in [5.41, 5.74) is 2.46. The second-order valence-corrected chi connectivity index (χ2v) is 6.33. The van der Waals surface area contributed by atoms with Crippen LogP contribution in [0.3, 0.4) is 0 Å². The first kappa shape index (κ1) is 17.0. The molecular weight excluding hydrogens is 318 g/mol. The lowest BCUT2D eigenvalue weighted by molar-refractivity contribution is -0.120. The fourth-order valence-corrected chi connectivity index (χ4v) is 3.02. The van der Waals surface area contributed by atoms with Crippen molar-refractivity contribution in [3.63, 3.8) is 0 Å². The molecule has 3 rings (SSSR count). The molecule has 0 saturated heterocycles. The Morgan fingerprint density at radius 2 is 2.08 bits per heavy atom. The number of imidazole rings is 1. The van der Waals surface area contributed by atoms with Crippen molar-refractivity contribution < 1.29 is 9.59 Å². The van der Waals surface area contributed by atoms with Crippen molar-refractivity contribution in [2.75, 3.05) is 13.1 Å². The number of urea groups is 1. The summed E-state index contributed by atoms with van der Waals surface area (Å²) >= 11 is 0. The van der Waals surface area contributed by atoms with Crippen molar-refractivity contribution in [1.29, 1.82) is 0 Å². The van der Waals surface area contributed by atoms with Gasteiger partial charge in [-0.25, -0.2) is 9.78 Å². The van der Waals surface area contributed by atoms with Crippen LogP contribution in [0.25, 0.3) is 0 Å². The van der Waals surface area contributed by atoms with Crippen LogP contribution < -0.4 is 10.6 Å². The Hall–Kier alpha value is -2.83. The Morgan fingerprint density at radius 1 is 1.28 bits per heavy atom. The number of carbonyl (C=O) groups excluding carboxylic acids is 2. The molecule has 0 fully saturated rings. The molecule has 0 radical (unpaired) electrons. The zero-order valence-electron chi connectivity index (χ0n) is 14.3. The van der Waals surface area contributed by atoms with Crippen molar-refractivity contribution in [3.8, 4) is 0 Å². The quantitative estimate of drug-likeness (QED) is 0.856. The molecule has 2 aromatic rings. The largest absolute Gasteiger partial charge is 0.350 e. The number of benzene rings is 1. The van der Waals surface area contributed by atoms with E-state index in [1.165, 1.54) is 11.1 Å². The molecule has 25 heavy (non-hydrogen) atoms. The third-order valence-electron chi connectivity index (χ3n) is 4.27. The van der Waals surface area contributed by atoms with Crippen molar-refractivity contribution in [2.45, 2.75) is 32.5 Å². The number of hydrogen-bond acceptors (Lipinski definition) is 3. The number of nitrogens with one attached hydrogen (secondary N) is 2. The van der Waals surface area contributed by atoms with E-state index in [2.05, 4.69) is 21.7 Å². The van der Waals surface area contributed by atoms with Crippen LogP contribution in [0.15, 0.2) is 43.0 Å². The highest BCUT2D eigenvalue weighted by Crippen LogP contribution is 2.18. The Labute approximate surface area is 147 Å². The van der Waals surface area contributed by atoms with Crippen molar-refractivity contribution in [2.24, 2.45) is 0 Å². The molecule has 3 amide bonds. The average Bonchev–Trinajstić information content (AvgIpc) is 3.12. The Kier molecular flexibility index (Phi) is 5.33. The molecule has 1 aliphatic rings. The van der Waals surface area contributed by atoms with E-state index >= 15 is 0 Å². The number of aromatic nitrogens is 2. The number of nitrogens with zero attached hydrogens (tertiary/aromatic N) is 3. The molecule has 2 N–H and O–H groups in total. The van der Waals surface area contributed by atoms with Gasteiger partial charge < -0.3 is 20.1 Å². The van der Waals surface area contributed by atoms with Gasteiger partial charge in [0, 0.05) is 38.1 Å². The van der Waals surface area contributed by atoms with E-state index in [-0.39, 0.29) is 24.5 Å². The summed E-state index contributed by atoms with van der Waals surface area (Å²) in [6.07, 6.45) is 6.10. The molecule has 1 aromatic heterocycles. The van der Waals surface area contributed by atoms with Gasteiger partial charge in [0.15, 0.2) is 0 Å². The molecule has 2 heterocycles. The normalized spacial score (nSPS) is 14.5. The smallest absolute Gasteiger partial charge is 0.318 e. The van der Waals surface area contributed by atoms with E-state index in [1.54, 1.807) is 17.4 Å². The minimum atomic E-state index is -0.202. The summed E-state index contributed by atoms with van der Waals surface area (Å²) in [7, 11) is 0. The minimum Gasteiger partial charge on any atom is -0.350 e. The Morgan fingerprint density at radius 3 is 2.84 bits per heavy atom. The minimum absolute atomic E-state index is 0.0226. The first-order valence-electron chi connectivity index (χ1n) is 8.46. The van der Waals surface area contributed by atoms with Gasteiger partial charge in [-0.05, 0) is 24.5 Å². The first-order valence-corrected chi connectivity index (χ1v) is 8.46. The van der Waals surface area contributed by atoms with Crippen LogP contribution in [-0.4, -0.2) is 45.5 Å². The molecule has 1 unspecified atom stereocenters. The Bertz CT molecular complexity index is 729. The van der Waals surface area contributed by atoms with Gasteiger partial charge in [-0.3, -0.25) is 4.79 Å². The van der Waals surface area contributed by atoms with Crippen LogP contribution >= 0.6 is 0 Å². The summed E-state index contributed by atoms with van der Waals surface area (Å²) in [5, 5.41) is 5.57. The fourth-order valence-electron chi connectivity index (χ4n) is 3.02. The molecule has 132 valence electrons. The van der Waals surface area contributed by atoms with Gasteiger partial charge >= 0.3 is 6.03 Å². The number of hydrogen-bond donors (Lipinski definition) is 2. The first-order chi connectivity index (χ1) is 12.1. The van der Waals surface area contributed by atoms with Crippen molar-refractivity contribution in [1.82, 2.24) is 25.1 Å². The van der Waals surface area contributed by atoms with Gasteiger partial charge in [0.2, 0.25) is 5.91 Å². The summed E-state index contributed by atoms with van der Waals surface area (Å²) < 4.78 is 1.90. The molecule has 7 heteroatoms. The zero-order valence-corrected chi connectivity index (χ0v) is 14.3. The molecule has 0 bridgehead atoms. The predicted octanol–water partition coefficient (Wildman–Crippen LogP) is 1.16. The van der Waals surface area contributed by atoms with Crippen LogP contribution in [0.1, 0.15) is 18.1 Å². The molecule has 0 aliphatic carbocycles. The van der Waals surface area contributed by atoms with E-state index < -0.39 is 0 Å². The highest BCUT2D eigenvalue weighted by molar-refractivity contribution is 5.84. The average molecular weight is 341 g/mol. The SMILES string of the molecule is CC(Cn1ccnc1)NC(=O)CNC(=O)N1CCc2ccccc2C1. The maximum Gasteiger partial charge on any atom is 0.318 e. The van der Waals surface area contributed by atoms with Gasteiger partial charge in [-0.1, -0.05) is 24.3 Å². The summed E-state index contributed by atoms with van der Waals surface area (Å²) in [5.74, 6) is -0.196. The third kappa shape index (κ3) is 4.59. The predicted molar refractivity (Wildman–Crippen MR) is 93.8 cm³/mol. The van der Waals surface area contributed by atoms with Gasteiger partial charge in [0.05, 0.1) is 12.9 Å². The highest BCUT2D eigenvalue weighted by atomic mass is 16.2. The number of rotatable bonds is 5. The Balaban J connectivity index is 1.42. The number of fused-ring (bicyclic) bond motifs is 1. The zero-order chi connectivity index (χ0) is 17.6. The van der Waals surface area contributed by atoms with Crippen LogP contribution in [0.2, 0.25) is 0 Å². The molecule has 1 aliphatic heterocycles. The van der Waals surface area contributed by atoms with E-state index in [4.69, 9.17) is 0 Å². The monoisotopic (exact) mass is 341 g/mol. The summed E-state index contributed by atoms with van der Waals surface area (Å²) in [4.78, 5) is 30.0. The van der Waals surface area contributed by atoms with Crippen LogP contribution in [0, 0.1) is 0 Å². The van der Waals surface area contributed by atoms with Crippen molar-refractivity contribution >= 4 is 11.9 Å². The van der Waals surface area contributed by atoms with Crippen LogP contribution in [0.4, 0.5) is 4.79 Å². The molecule has 1 aromatic carbocycles. The molecule has 1 atom stereocenters. The lowest BCUT2D eigenvalue weighted by Gasteiger charge is -2.29. The standard InChI is InChI=1S/C18H23N5O2/c1-14(11-22-9-7-19-13-22)21-17(24)10-20-18(25)23-8-6-15-4-2-3-5-16(15)12-23/h2-5,7,9,13-14H,6,8,10-12H2,1H3,(H,20,25)(H,21,24). The molecule has 0 spiro atoms. The second kappa shape index (κ2) is 7.83. The topological polar surface area (TPSA) is 79.3 Å². The summed E-state index contributed by atoms with van der Waals surface area (Å²) in [6, 6.07) is 7.89. The molecular formula is C18H23N5O2. The van der Waals surface area contributed by atoms with E-state index in [9.17, 15) is 9.59 Å². The highest BCUT2D eigenvalue weighted by Gasteiger charge is 2.20. The lowest BCUT2D eigenvalue weighted by atomic mass is 10.0. The van der Waals surface area contributed by atoms with Gasteiger partial charge in [0.25, 0.3) is 0 Å². The van der Waals surface area contributed by atoms with Gasteiger partial charge in [0.1, 0.15) is 0 Å². The maximum absolute atomic E-state index is 12.3. The fraction of sp³-hybridized carbons (Fsp3) is 0.389. The molecule has 7 nitrogen and oxygen atoms in total. The number of carbonyl (C=O) groups is 2. The second-order valence-electron chi connectivity index (χ2n) is 6.33. The molecule has 0 saturated carbocycles. The van der Waals surface area contributed by atoms with Gasteiger partial charge in [-0.2, -0.15) is 0 Å². The van der Waals surface area contributed by atoms with Crippen LogP contribution in [-0.2, 0) is 24.3 Å². The van der Waals surface area contributed by atoms with E-state index in [0.717, 1.165) is 6.42 Å². The van der Waals surface area contributed by atoms with Crippen molar-refractivity contribution in [3.05, 3.63) is 54.1 Å². The van der Waals surface area contributed by atoms with Gasteiger partial charge in [-0.15, -0.1) is 0 Å². The van der Waals surface area contributed by atoms with E-state index in [0.29, 0.717) is 19.6 Å². The van der Waals surface area contributed by atoms with Crippen LogP contribution in [0.5, 0.6) is 0 Å². The third-order valence-corrected chi connectivity index (χ3v) is 4.27. The van der Waals surface area contributed by atoms with E-state index in [1.807, 2.05) is 35.9 Å².